The summed E-state index contributed by atoms with van der Waals surface area (Å²) in [6.07, 6.45) is 1.38. The predicted octanol–water partition coefficient (Wildman–Crippen LogP) is 4.79. The number of methoxy groups -OCH3 is 2. The fourth-order valence-electron chi connectivity index (χ4n) is 4.06. The molecule has 0 saturated carbocycles. The summed E-state index contributed by atoms with van der Waals surface area (Å²) in [6, 6.07) is 8.33. The first-order chi connectivity index (χ1) is 12.9. The third-order valence-electron chi connectivity index (χ3n) is 5.19. The number of rotatable bonds is 6. The van der Waals surface area contributed by atoms with E-state index in [2.05, 4.69) is 45.0 Å². The zero-order chi connectivity index (χ0) is 19.7. The minimum atomic E-state index is 0.147. The van der Waals surface area contributed by atoms with E-state index >= 15 is 0 Å². The summed E-state index contributed by atoms with van der Waals surface area (Å²) in [5.74, 6) is 2.28. The molecular weight excluding hydrogens is 338 g/mol. The second-order valence-electron chi connectivity index (χ2n) is 7.54. The Bertz CT molecular complexity index is 845. The highest BCUT2D eigenvalue weighted by molar-refractivity contribution is 6.05. The van der Waals surface area contributed by atoms with E-state index in [0.29, 0.717) is 18.9 Å². The van der Waals surface area contributed by atoms with Crippen LogP contribution in [0.15, 0.2) is 24.3 Å². The van der Waals surface area contributed by atoms with E-state index in [1.807, 2.05) is 11.8 Å². The summed E-state index contributed by atoms with van der Waals surface area (Å²) in [5.41, 5.74) is 6.37. The molecule has 1 heterocycles. The second-order valence-corrected chi connectivity index (χ2v) is 7.54. The van der Waals surface area contributed by atoms with E-state index in [-0.39, 0.29) is 5.91 Å². The number of nitrogens with zero attached hydrogens (tertiary/aromatic N) is 1. The highest BCUT2D eigenvalue weighted by Crippen LogP contribution is 2.47. The van der Waals surface area contributed by atoms with Crippen LogP contribution in [0.2, 0.25) is 0 Å². The van der Waals surface area contributed by atoms with Crippen LogP contribution in [0, 0.1) is 12.8 Å². The van der Waals surface area contributed by atoms with Crippen molar-refractivity contribution in [2.45, 2.75) is 40.5 Å². The number of anilines is 1. The van der Waals surface area contributed by atoms with Crippen LogP contribution in [0.5, 0.6) is 11.5 Å². The fourth-order valence-corrected chi connectivity index (χ4v) is 4.06. The van der Waals surface area contributed by atoms with Crippen LogP contribution in [0.25, 0.3) is 11.1 Å². The molecule has 1 aliphatic heterocycles. The van der Waals surface area contributed by atoms with E-state index in [0.717, 1.165) is 45.9 Å². The number of hydrogen-bond acceptors (Lipinski definition) is 3. The molecule has 0 aliphatic carbocycles. The summed E-state index contributed by atoms with van der Waals surface area (Å²) in [6.45, 7) is 9.16. The van der Waals surface area contributed by atoms with Crippen LogP contribution in [0.4, 0.5) is 5.69 Å². The maximum Gasteiger partial charge on any atom is 0.231 e. The van der Waals surface area contributed by atoms with Crippen molar-refractivity contribution >= 4 is 11.6 Å². The van der Waals surface area contributed by atoms with Gasteiger partial charge in [-0.1, -0.05) is 19.9 Å². The van der Waals surface area contributed by atoms with Gasteiger partial charge in [0.25, 0.3) is 0 Å². The third kappa shape index (κ3) is 3.41. The maximum atomic E-state index is 12.5. The Kier molecular flexibility index (Phi) is 5.45. The molecular formula is C23H29NO3. The molecule has 144 valence electrons. The normalized spacial score (nSPS) is 13.3. The first-order valence-electron chi connectivity index (χ1n) is 9.59. The van der Waals surface area contributed by atoms with Gasteiger partial charge in [-0.05, 0) is 66.6 Å². The zero-order valence-electron chi connectivity index (χ0n) is 17.2. The van der Waals surface area contributed by atoms with Crippen LogP contribution >= 0.6 is 0 Å². The molecule has 0 spiro atoms. The number of aryl methyl sites for hydroxylation is 1. The minimum absolute atomic E-state index is 0.147. The minimum Gasteiger partial charge on any atom is -0.496 e. The van der Waals surface area contributed by atoms with E-state index in [9.17, 15) is 4.79 Å². The number of ether oxygens (including phenoxy) is 2. The van der Waals surface area contributed by atoms with Crippen molar-refractivity contribution in [3.63, 3.8) is 0 Å². The maximum absolute atomic E-state index is 12.5. The SMILES string of the molecule is CCN1C(=O)Cc2c1ccc(C)c2-c1c(OC)cc(CC(C)C)cc1OC. The van der Waals surface area contributed by atoms with Gasteiger partial charge in [0.15, 0.2) is 0 Å². The van der Waals surface area contributed by atoms with E-state index in [1.165, 1.54) is 5.56 Å². The Morgan fingerprint density at radius 2 is 1.70 bits per heavy atom. The highest BCUT2D eigenvalue weighted by atomic mass is 16.5. The van der Waals surface area contributed by atoms with E-state index in [4.69, 9.17) is 9.47 Å². The van der Waals surface area contributed by atoms with Crippen molar-refractivity contribution in [3.8, 4) is 22.6 Å². The lowest BCUT2D eigenvalue weighted by atomic mass is 9.90. The lowest BCUT2D eigenvalue weighted by Gasteiger charge is -2.21. The molecule has 0 N–H and O–H groups in total. The number of hydrogen-bond donors (Lipinski definition) is 0. The molecule has 0 unspecified atom stereocenters. The third-order valence-corrected chi connectivity index (χ3v) is 5.19. The van der Waals surface area contributed by atoms with Gasteiger partial charge in [0.05, 0.1) is 26.2 Å². The summed E-state index contributed by atoms with van der Waals surface area (Å²) >= 11 is 0. The van der Waals surface area contributed by atoms with Gasteiger partial charge >= 0.3 is 0 Å². The van der Waals surface area contributed by atoms with Crippen LogP contribution < -0.4 is 14.4 Å². The molecule has 0 radical (unpaired) electrons. The average molecular weight is 367 g/mol. The van der Waals surface area contributed by atoms with Gasteiger partial charge in [-0.15, -0.1) is 0 Å². The van der Waals surface area contributed by atoms with Gasteiger partial charge in [-0.3, -0.25) is 4.79 Å². The molecule has 1 aliphatic rings. The standard InChI is InChI=1S/C23H29NO3/c1-7-24-18-9-8-15(4)22(17(18)13-21(24)25)23-19(26-5)11-16(10-14(2)3)12-20(23)27-6/h8-9,11-12,14H,7,10,13H2,1-6H3. The van der Waals surface area contributed by atoms with Gasteiger partial charge in [0.1, 0.15) is 11.5 Å². The van der Waals surface area contributed by atoms with Crippen LogP contribution in [-0.4, -0.2) is 26.7 Å². The second kappa shape index (κ2) is 7.63. The molecule has 4 nitrogen and oxygen atoms in total. The zero-order valence-corrected chi connectivity index (χ0v) is 17.2. The summed E-state index contributed by atoms with van der Waals surface area (Å²) in [7, 11) is 3.39. The molecule has 2 aromatic carbocycles. The Hall–Kier alpha value is -2.49. The molecule has 3 rings (SSSR count). The largest absolute Gasteiger partial charge is 0.496 e. The topological polar surface area (TPSA) is 38.8 Å². The van der Waals surface area contributed by atoms with Gasteiger partial charge in [0.2, 0.25) is 5.91 Å². The van der Waals surface area contributed by atoms with Crippen molar-refractivity contribution in [2.75, 3.05) is 25.7 Å². The molecule has 4 heteroatoms. The molecule has 0 saturated heterocycles. The number of fused-ring (bicyclic) bond motifs is 1. The molecule has 0 atom stereocenters. The van der Waals surface area contributed by atoms with Crippen molar-refractivity contribution in [1.82, 2.24) is 0 Å². The molecule has 27 heavy (non-hydrogen) atoms. The summed E-state index contributed by atoms with van der Waals surface area (Å²) in [5, 5.41) is 0. The quantitative estimate of drug-likeness (QED) is 0.737. The van der Waals surface area contributed by atoms with Gasteiger partial charge in [-0.2, -0.15) is 0 Å². The summed E-state index contributed by atoms with van der Waals surface area (Å²) < 4.78 is 11.6. The Morgan fingerprint density at radius 1 is 1.07 bits per heavy atom. The lowest BCUT2D eigenvalue weighted by molar-refractivity contribution is -0.117. The van der Waals surface area contributed by atoms with Crippen molar-refractivity contribution < 1.29 is 14.3 Å². The number of carbonyl (C=O) groups excluding carboxylic acids is 1. The van der Waals surface area contributed by atoms with Gasteiger partial charge in [-0.25, -0.2) is 0 Å². The summed E-state index contributed by atoms with van der Waals surface area (Å²) in [4.78, 5) is 14.4. The Morgan fingerprint density at radius 3 is 2.22 bits per heavy atom. The number of likely N-dealkylation sites (N-methyl/N-ethyl adjacent to an activating group) is 1. The fraction of sp³-hybridized carbons (Fsp3) is 0.435. The van der Waals surface area contributed by atoms with Crippen molar-refractivity contribution in [3.05, 3.63) is 41.0 Å². The number of amides is 1. The predicted molar refractivity (Wildman–Crippen MR) is 110 cm³/mol. The number of benzene rings is 2. The lowest BCUT2D eigenvalue weighted by Crippen LogP contribution is -2.25. The molecule has 2 aromatic rings. The first kappa shape index (κ1) is 19.3. The van der Waals surface area contributed by atoms with E-state index < -0.39 is 0 Å². The molecule has 1 amide bonds. The van der Waals surface area contributed by atoms with Gasteiger partial charge < -0.3 is 14.4 Å². The monoisotopic (exact) mass is 367 g/mol. The average Bonchev–Trinajstić information content (AvgIpc) is 2.95. The molecule has 0 aromatic heterocycles. The van der Waals surface area contributed by atoms with Crippen LogP contribution in [-0.2, 0) is 17.6 Å². The van der Waals surface area contributed by atoms with Gasteiger partial charge in [0, 0.05) is 12.2 Å². The van der Waals surface area contributed by atoms with Crippen LogP contribution in [0.1, 0.15) is 37.5 Å². The van der Waals surface area contributed by atoms with Crippen LogP contribution in [0.3, 0.4) is 0 Å². The number of carbonyl (C=O) groups is 1. The van der Waals surface area contributed by atoms with Crippen molar-refractivity contribution in [1.29, 1.82) is 0 Å². The molecule has 0 fully saturated rings. The Labute approximate surface area is 162 Å². The molecule has 0 bridgehead atoms. The first-order valence-corrected chi connectivity index (χ1v) is 9.59. The highest BCUT2D eigenvalue weighted by Gasteiger charge is 2.31. The van der Waals surface area contributed by atoms with Crippen molar-refractivity contribution in [2.24, 2.45) is 5.92 Å². The smallest absolute Gasteiger partial charge is 0.231 e. The van der Waals surface area contributed by atoms with E-state index in [1.54, 1.807) is 14.2 Å². The Balaban J connectivity index is 2.26.